The van der Waals surface area contributed by atoms with Crippen molar-refractivity contribution in [2.45, 2.75) is 4.90 Å². The van der Waals surface area contributed by atoms with E-state index in [0.717, 1.165) is 16.1 Å². The number of cyclic esters (lactones) is 1. The molecule has 0 unspecified atom stereocenters. The lowest BCUT2D eigenvalue weighted by molar-refractivity contribution is 0.0955. The molecule has 2 amide bonds. The highest BCUT2D eigenvalue weighted by Crippen LogP contribution is 2.20. The Bertz CT molecular complexity index is 869. The highest BCUT2D eigenvalue weighted by atomic mass is 32.2. The number of carbonyl (C=O) groups excluding carboxylic acids is 2. The predicted molar refractivity (Wildman–Crippen MR) is 103 cm³/mol. The highest BCUT2D eigenvalue weighted by molar-refractivity contribution is 7.98. The van der Waals surface area contributed by atoms with Crippen LogP contribution in [-0.4, -0.2) is 38.0 Å². The van der Waals surface area contributed by atoms with Crippen LogP contribution in [0.5, 0.6) is 0 Å². The Morgan fingerprint density at radius 2 is 2.00 bits per heavy atom. The largest absolute Gasteiger partial charge is 0.447 e. The van der Waals surface area contributed by atoms with E-state index in [-0.39, 0.29) is 18.5 Å². The minimum absolute atomic E-state index is 0.132. The summed E-state index contributed by atoms with van der Waals surface area (Å²) in [5.41, 5.74) is 2.27. The quantitative estimate of drug-likeness (QED) is 0.667. The number of hydrogen-bond acceptors (Lipinski definition) is 4. The van der Waals surface area contributed by atoms with Gasteiger partial charge in [0, 0.05) is 16.1 Å². The molecule has 6 heteroatoms. The zero-order valence-corrected chi connectivity index (χ0v) is 15.1. The Kier molecular flexibility index (Phi) is 5.82. The molecule has 1 saturated heterocycles. The Balaban J connectivity index is 1.56. The molecule has 1 heterocycles. The number of nitrogens with one attached hydrogen (secondary N) is 1. The molecule has 0 aliphatic carbocycles. The van der Waals surface area contributed by atoms with Crippen LogP contribution >= 0.6 is 11.8 Å². The van der Waals surface area contributed by atoms with E-state index in [1.54, 1.807) is 11.0 Å². The van der Waals surface area contributed by atoms with Gasteiger partial charge in [-0.3, -0.25) is 9.69 Å². The molecule has 26 heavy (non-hydrogen) atoms. The second kappa shape index (κ2) is 8.45. The molecule has 5 nitrogen and oxygen atoms in total. The van der Waals surface area contributed by atoms with E-state index in [2.05, 4.69) is 17.2 Å². The normalized spacial score (nSPS) is 13.0. The summed E-state index contributed by atoms with van der Waals surface area (Å²) < 4.78 is 4.92. The maximum Gasteiger partial charge on any atom is 0.414 e. The van der Waals surface area contributed by atoms with Crippen LogP contribution in [0.1, 0.15) is 15.9 Å². The Morgan fingerprint density at radius 3 is 2.69 bits per heavy atom. The molecule has 1 aliphatic rings. The summed E-state index contributed by atoms with van der Waals surface area (Å²) in [6.07, 6.45) is 1.62. The van der Waals surface area contributed by atoms with Crippen molar-refractivity contribution < 1.29 is 14.3 Å². The number of rotatable bonds is 4. The van der Waals surface area contributed by atoms with Gasteiger partial charge in [-0.15, -0.1) is 11.8 Å². The van der Waals surface area contributed by atoms with Crippen molar-refractivity contribution in [1.29, 1.82) is 0 Å². The first kappa shape index (κ1) is 17.9. The average Bonchev–Trinajstić information content (AvgIpc) is 3.11. The van der Waals surface area contributed by atoms with Gasteiger partial charge in [-0.2, -0.15) is 0 Å². The van der Waals surface area contributed by atoms with Crippen molar-refractivity contribution in [3.8, 4) is 11.8 Å². The van der Waals surface area contributed by atoms with Crippen molar-refractivity contribution in [2.24, 2.45) is 0 Å². The molecule has 1 aliphatic heterocycles. The lowest BCUT2D eigenvalue weighted by atomic mass is 10.2. The third-order valence-corrected chi connectivity index (χ3v) is 4.66. The summed E-state index contributed by atoms with van der Waals surface area (Å²) in [5.74, 6) is 5.82. The molecule has 1 N–H and O–H groups in total. The molecular formula is C20H18N2O3S. The zero-order valence-electron chi connectivity index (χ0n) is 14.3. The third-order valence-electron chi connectivity index (χ3n) is 3.86. The van der Waals surface area contributed by atoms with Gasteiger partial charge in [-0.25, -0.2) is 4.79 Å². The van der Waals surface area contributed by atoms with Crippen LogP contribution in [0.4, 0.5) is 10.5 Å². The van der Waals surface area contributed by atoms with E-state index < -0.39 is 0 Å². The number of carbonyl (C=O) groups is 2. The van der Waals surface area contributed by atoms with Gasteiger partial charge in [0.1, 0.15) is 6.61 Å². The summed E-state index contributed by atoms with van der Waals surface area (Å²) in [7, 11) is 0. The fourth-order valence-corrected chi connectivity index (χ4v) is 3.15. The van der Waals surface area contributed by atoms with Gasteiger partial charge in [0.2, 0.25) is 0 Å². The van der Waals surface area contributed by atoms with E-state index in [1.807, 2.05) is 48.7 Å². The highest BCUT2D eigenvalue weighted by Gasteiger charge is 2.23. The summed E-state index contributed by atoms with van der Waals surface area (Å²) in [4.78, 5) is 26.3. The lowest BCUT2D eigenvalue weighted by Gasteiger charge is -2.11. The van der Waals surface area contributed by atoms with Gasteiger partial charge in [-0.05, 0) is 42.7 Å². The topological polar surface area (TPSA) is 58.6 Å². The fourth-order valence-electron chi connectivity index (χ4n) is 2.55. The first-order valence-corrected chi connectivity index (χ1v) is 9.36. The summed E-state index contributed by atoms with van der Waals surface area (Å²) in [6.45, 7) is 1.24. The molecule has 2 aromatic rings. The van der Waals surface area contributed by atoms with Crippen LogP contribution in [0.3, 0.4) is 0 Å². The molecule has 0 atom stereocenters. The van der Waals surface area contributed by atoms with Gasteiger partial charge >= 0.3 is 6.09 Å². The molecule has 3 rings (SSSR count). The smallest absolute Gasteiger partial charge is 0.414 e. The van der Waals surface area contributed by atoms with Gasteiger partial charge in [0.15, 0.2) is 0 Å². The van der Waals surface area contributed by atoms with Gasteiger partial charge in [-0.1, -0.05) is 24.0 Å². The molecule has 1 fully saturated rings. The molecule has 0 radical (unpaired) electrons. The molecule has 0 aromatic heterocycles. The van der Waals surface area contributed by atoms with Crippen LogP contribution in [0.25, 0.3) is 0 Å². The van der Waals surface area contributed by atoms with Crippen molar-refractivity contribution in [1.82, 2.24) is 5.32 Å². The van der Waals surface area contributed by atoms with Gasteiger partial charge in [0.05, 0.1) is 18.7 Å². The second-order valence-electron chi connectivity index (χ2n) is 5.50. The van der Waals surface area contributed by atoms with E-state index in [4.69, 9.17) is 4.74 Å². The van der Waals surface area contributed by atoms with E-state index in [1.165, 1.54) is 11.8 Å². The summed E-state index contributed by atoms with van der Waals surface area (Å²) >= 11 is 1.54. The van der Waals surface area contributed by atoms with Crippen molar-refractivity contribution in [3.05, 3.63) is 59.7 Å². The zero-order chi connectivity index (χ0) is 18.4. The standard InChI is InChI=1S/C20H18N2O3S/c1-26-18-7-3-2-6-17(18)19(23)21-12-4-5-15-8-10-16(11-9-15)22-13-14-25-20(22)24/h2-3,6-11H,12-14H2,1H3,(H,21,23). The minimum Gasteiger partial charge on any atom is -0.447 e. The molecule has 0 spiro atoms. The van der Waals surface area contributed by atoms with Crippen LogP contribution in [-0.2, 0) is 4.74 Å². The first-order valence-electron chi connectivity index (χ1n) is 8.13. The van der Waals surface area contributed by atoms with E-state index >= 15 is 0 Å². The van der Waals surface area contributed by atoms with Crippen molar-refractivity contribution >= 4 is 29.4 Å². The number of anilines is 1. The van der Waals surface area contributed by atoms with Gasteiger partial charge in [0.25, 0.3) is 5.91 Å². The molecule has 0 saturated carbocycles. The number of thioether (sulfide) groups is 1. The van der Waals surface area contributed by atoms with E-state index in [0.29, 0.717) is 18.7 Å². The number of benzene rings is 2. The molecule has 0 bridgehead atoms. The SMILES string of the molecule is CSc1ccccc1C(=O)NCC#Cc1ccc(N2CCOC2=O)cc1. The Morgan fingerprint density at radius 1 is 1.23 bits per heavy atom. The summed E-state index contributed by atoms with van der Waals surface area (Å²) in [5, 5.41) is 2.81. The maximum absolute atomic E-state index is 12.2. The van der Waals surface area contributed by atoms with Crippen LogP contribution in [0, 0.1) is 11.8 Å². The second-order valence-corrected chi connectivity index (χ2v) is 6.35. The van der Waals surface area contributed by atoms with Gasteiger partial charge < -0.3 is 10.1 Å². The summed E-state index contributed by atoms with van der Waals surface area (Å²) in [6, 6.07) is 14.8. The average molecular weight is 366 g/mol. The monoisotopic (exact) mass is 366 g/mol. The van der Waals surface area contributed by atoms with Crippen molar-refractivity contribution in [2.75, 3.05) is 30.9 Å². The minimum atomic E-state index is -0.322. The Labute approximate surface area is 156 Å². The van der Waals surface area contributed by atoms with Crippen LogP contribution < -0.4 is 10.2 Å². The Hall–Kier alpha value is -2.91. The van der Waals surface area contributed by atoms with Crippen molar-refractivity contribution in [3.63, 3.8) is 0 Å². The maximum atomic E-state index is 12.2. The fraction of sp³-hybridized carbons (Fsp3) is 0.200. The molecule has 132 valence electrons. The number of amides is 2. The van der Waals surface area contributed by atoms with Crippen LogP contribution in [0.2, 0.25) is 0 Å². The lowest BCUT2D eigenvalue weighted by Crippen LogP contribution is -2.24. The number of ether oxygens (including phenoxy) is 1. The third kappa shape index (κ3) is 4.19. The number of nitrogens with zero attached hydrogens (tertiary/aromatic N) is 1. The van der Waals surface area contributed by atoms with Crippen LogP contribution in [0.15, 0.2) is 53.4 Å². The number of hydrogen-bond donors (Lipinski definition) is 1. The first-order chi connectivity index (χ1) is 12.7. The van der Waals surface area contributed by atoms with E-state index in [9.17, 15) is 9.59 Å². The predicted octanol–water partition coefficient (Wildman–Crippen LogP) is 3.15. The molecule has 2 aromatic carbocycles. The molecular weight excluding hydrogens is 348 g/mol.